The molecule has 1 heterocycles. The maximum absolute atomic E-state index is 12.5. The van der Waals surface area contributed by atoms with Gasteiger partial charge < -0.3 is 10.6 Å². The van der Waals surface area contributed by atoms with Gasteiger partial charge in [0.05, 0.1) is 4.99 Å². The Morgan fingerprint density at radius 3 is 2.44 bits per heavy atom. The lowest BCUT2D eigenvalue weighted by Crippen LogP contribution is -2.43. The molecule has 1 aromatic rings. The highest BCUT2D eigenvalue weighted by Crippen LogP contribution is 2.21. The Bertz CT molecular complexity index is 430. The van der Waals surface area contributed by atoms with Crippen LogP contribution < -0.4 is 5.73 Å². The smallest absolute Gasteiger partial charge is 0.237 e. The van der Waals surface area contributed by atoms with Gasteiger partial charge in [0, 0.05) is 24.6 Å². The predicted molar refractivity (Wildman–Crippen MR) is 79.9 cm³/mol. The molecule has 1 atom stereocenters. The Labute approximate surface area is 117 Å². The zero-order chi connectivity index (χ0) is 13.0. The average Bonchev–Trinajstić information content (AvgIpc) is 2.40. The molecule has 1 unspecified atom stereocenters. The number of nitrogens with two attached hydrogens (primary N) is 1. The van der Waals surface area contributed by atoms with Crippen molar-refractivity contribution in [2.75, 3.05) is 24.6 Å². The van der Waals surface area contributed by atoms with Gasteiger partial charge in [-0.3, -0.25) is 4.79 Å². The number of thioether (sulfide) groups is 1. The second kappa shape index (κ2) is 6.20. The van der Waals surface area contributed by atoms with Gasteiger partial charge in [0.2, 0.25) is 5.91 Å². The van der Waals surface area contributed by atoms with Gasteiger partial charge in [-0.2, -0.15) is 11.8 Å². The van der Waals surface area contributed by atoms with Crippen LogP contribution in [0.1, 0.15) is 11.5 Å². The normalized spacial score (nSPS) is 17.2. The first kappa shape index (κ1) is 13.4. The van der Waals surface area contributed by atoms with E-state index in [-0.39, 0.29) is 10.9 Å². The van der Waals surface area contributed by atoms with Gasteiger partial charge in [-0.05, 0) is 5.56 Å². The molecule has 0 aromatic heterocycles. The van der Waals surface area contributed by atoms with Gasteiger partial charge in [-0.15, -0.1) is 0 Å². The Morgan fingerprint density at radius 1 is 1.28 bits per heavy atom. The molecule has 5 heteroatoms. The summed E-state index contributed by atoms with van der Waals surface area (Å²) in [5.41, 5.74) is 6.64. The number of carbonyl (C=O) groups is 1. The fourth-order valence-corrected chi connectivity index (χ4v) is 3.18. The molecule has 96 valence electrons. The molecule has 0 radical (unpaired) electrons. The summed E-state index contributed by atoms with van der Waals surface area (Å²) in [5.74, 6) is 1.54. The molecule has 0 aliphatic carbocycles. The van der Waals surface area contributed by atoms with Gasteiger partial charge in [0.15, 0.2) is 0 Å². The number of thiocarbonyl (C=S) groups is 1. The molecule has 2 rings (SSSR count). The monoisotopic (exact) mass is 280 g/mol. The SMILES string of the molecule is NC(=S)C(C(=O)N1CCSCC1)c1ccccc1. The van der Waals surface area contributed by atoms with E-state index in [1.54, 1.807) is 0 Å². The van der Waals surface area contributed by atoms with Crippen molar-refractivity contribution in [2.45, 2.75) is 5.92 Å². The van der Waals surface area contributed by atoms with E-state index in [0.717, 1.165) is 30.2 Å². The molecule has 2 N–H and O–H groups in total. The predicted octanol–water partition coefficient (Wildman–Crippen LogP) is 1.63. The van der Waals surface area contributed by atoms with E-state index in [1.165, 1.54) is 0 Å². The molecule has 0 spiro atoms. The fraction of sp³-hybridized carbons (Fsp3) is 0.385. The van der Waals surface area contributed by atoms with E-state index < -0.39 is 5.92 Å². The van der Waals surface area contributed by atoms with Crippen molar-refractivity contribution in [3.05, 3.63) is 35.9 Å². The van der Waals surface area contributed by atoms with Crippen LogP contribution in [-0.4, -0.2) is 40.4 Å². The number of rotatable bonds is 3. The van der Waals surface area contributed by atoms with Crippen molar-refractivity contribution in [1.82, 2.24) is 4.90 Å². The van der Waals surface area contributed by atoms with Crippen molar-refractivity contribution in [3.63, 3.8) is 0 Å². The molecule has 1 aromatic carbocycles. The minimum atomic E-state index is -0.482. The summed E-state index contributed by atoms with van der Waals surface area (Å²) >= 11 is 6.94. The summed E-state index contributed by atoms with van der Waals surface area (Å²) in [7, 11) is 0. The lowest BCUT2D eigenvalue weighted by molar-refractivity contribution is -0.130. The van der Waals surface area contributed by atoms with E-state index in [0.29, 0.717) is 0 Å². The minimum Gasteiger partial charge on any atom is -0.392 e. The zero-order valence-corrected chi connectivity index (χ0v) is 11.7. The minimum absolute atomic E-state index is 0.0361. The number of hydrogen-bond donors (Lipinski definition) is 1. The summed E-state index contributed by atoms with van der Waals surface area (Å²) in [4.78, 5) is 14.6. The summed E-state index contributed by atoms with van der Waals surface area (Å²) in [6.07, 6.45) is 0. The maximum atomic E-state index is 12.5. The van der Waals surface area contributed by atoms with Crippen LogP contribution in [0.2, 0.25) is 0 Å². The van der Waals surface area contributed by atoms with E-state index >= 15 is 0 Å². The Hall–Kier alpha value is -1.07. The molecule has 1 aliphatic heterocycles. The molecule has 18 heavy (non-hydrogen) atoms. The van der Waals surface area contributed by atoms with E-state index in [9.17, 15) is 4.79 Å². The lowest BCUT2D eigenvalue weighted by Gasteiger charge is -2.30. The number of amides is 1. The van der Waals surface area contributed by atoms with E-state index in [2.05, 4.69) is 0 Å². The summed E-state index contributed by atoms with van der Waals surface area (Å²) in [6, 6.07) is 9.53. The number of benzene rings is 1. The molecule has 3 nitrogen and oxygen atoms in total. The zero-order valence-electron chi connectivity index (χ0n) is 10.0. The van der Waals surface area contributed by atoms with Crippen molar-refractivity contribution in [3.8, 4) is 0 Å². The highest BCUT2D eigenvalue weighted by atomic mass is 32.2. The third-order valence-electron chi connectivity index (χ3n) is 2.99. The average molecular weight is 280 g/mol. The van der Waals surface area contributed by atoms with Crippen LogP contribution in [-0.2, 0) is 4.79 Å². The maximum Gasteiger partial charge on any atom is 0.237 e. The molecule has 1 saturated heterocycles. The summed E-state index contributed by atoms with van der Waals surface area (Å²) in [5, 5.41) is 0. The Morgan fingerprint density at radius 2 is 1.89 bits per heavy atom. The first-order chi connectivity index (χ1) is 8.70. The number of carbonyl (C=O) groups excluding carboxylic acids is 1. The van der Waals surface area contributed by atoms with Crippen molar-refractivity contribution in [2.24, 2.45) is 5.73 Å². The van der Waals surface area contributed by atoms with Crippen molar-refractivity contribution >= 4 is 34.9 Å². The van der Waals surface area contributed by atoms with Crippen LogP contribution >= 0.6 is 24.0 Å². The van der Waals surface area contributed by atoms with E-state index in [1.807, 2.05) is 47.0 Å². The van der Waals surface area contributed by atoms with Gasteiger partial charge >= 0.3 is 0 Å². The topological polar surface area (TPSA) is 46.3 Å². The molecule has 1 amide bonds. The third kappa shape index (κ3) is 3.03. The highest BCUT2D eigenvalue weighted by Gasteiger charge is 2.28. The second-order valence-corrected chi connectivity index (χ2v) is 5.88. The molecule has 0 bridgehead atoms. The molecule has 1 aliphatic rings. The van der Waals surface area contributed by atoms with Crippen LogP contribution in [0.5, 0.6) is 0 Å². The van der Waals surface area contributed by atoms with Crippen LogP contribution in [0.3, 0.4) is 0 Å². The number of hydrogen-bond acceptors (Lipinski definition) is 3. The Kier molecular flexibility index (Phi) is 4.60. The van der Waals surface area contributed by atoms with Crippen LogP contribution in [0.25, 0.3) is 0 Å². The van der Waals surface area contributed by atoms with Crippen LogP contribution in [0.4, 0.5) is 0 Å². The summed E-state index contributed by atoms with van der Waals surface area (Å²) in [6.45, 7) is 1.57. The molecular formula is C13H16N2OS2. The number of nitrogens with zero attached hydrogens (tertiary/aromatic N) is 1. The molecule has 0 saturated carbocycles. The van der Waals surface area contributed by atoms with Crippen molar-refractivity contribution in [1.29, 1.82) is 0 Å². The van der Waals surface area contributed by atoms with Crippen LogP contribution in [0, 0.1) is 0 Å². The molecule has 1 fully saturated rings. The van der Waals surface area contributed by atoms with Gasteiger partial charge in [-0.25, -0.2) is 0 Å². The first-order valence-electron chi connectivity index (χ1n) is 5.91. The van der Waals surface area contributed by atoms with Crippen molar-refractivity contribution < 1.29 is 4.79 Å². The third-order valence-corrected chi connectivity index (χ3v) is 4.17. The fourth-order valence-electron chi connectivity index (χ4n) is 2.04. The van der Waals surface area contributed by atoms with Crippen LogP contribution in [0.15, 0.2) is 30.3 Å². The van der Waals surface area contributed by atoms with Gasteiger partial charge in [0.1, 0.15) is 5.92 Å². The largest absolute Gasteiger partial charge is 0.392 e. The Balaban J connectivity index is 2.20. The quantitative estimate of drug-likeness (QED) is 0.855. The standard InChI is InChI=1S/C13H16N2OS2/c14-12(17)11(10-4-2-1-3-5-10)13(16)15-6-8-18-9-7-15/h1-5,11H,6-9H2,(H2,14,17). The first-order valence-corrected chi connectivity index (χ1v) is 7.47. The second-order valence-electron chi connectivity index (χ2n) is 4.18. The van der Waals surface area contributed by atoms with Gasteiger partial charge in [-0.1, -0.05) is 42.5 Å². The van der Waals surface area contributed by atoms with E-state index in [4.69, 9.17) is 18.0 Å². The lowest BCUT2D eigenvalue weighted by atomic mass is 9.97. The summed E-state index contributed by atoms with van der Waals surface area (Å²) < 4.78 is 0. The van der Waals surface area contributed by atoms with Gasteiger partial charge in [0.25, 0.3) is 0 Å². The molecular weight excluding hydrogens is 264 g/mol. The highest BCUT2D eigenvalue weighted by molar-refractivity contribution is 7.99.